The number of rotatable bonds is 7. The Morgan fingerprint density at radius 2 is 1.63 bits per heavy atom. The number of phenolic OH excluding ortho intramolecular Hbond substituents is 1. The topological polar surface area (TPSA) is 106 Å². The number of carbonyl (C=O) groups is 3. The fourth-order valence-corrected chi connectivity index (χ4v) is 7.88. The van der Waals surface area contributed by atoms with Gasteiger partial charge in [-0.3, -0.25) is 14.5 Å². The van der Waals surface area contributed by atoms with Gasteiger partial charge in [0.25, 0.3) is 0 Å². The lowest BCUT2D eigenvalue weighted by Gasteiger charge is -2.41. The zero-order chi connectivity index (χ0) is 34.7. The van der Waals surface area contributed by atoms with E-state index in [1.54, 1.807) is 9.80 Å². The molecule has 10 nitrogen and oxygen atoms in total. The second-order valence-corrected chi connectivity index (χ2v) is 13.8. The molecule has 49 heavy (non-hydrogen) atoms. The normalized spacial score (nSPS) is 20.8. The predicted molar refractivity (Wildman–Crippen MR) is 177 cm³/mol. The Balaban J connectivity index is 1.12. The molecule has 0 radical (unpaired) electrons. The molecule has 4 aliphatic rings. The van der Waals surface area contributed by atoms with Crippen LogP contribution in [0.15, 0.2) is 36.4 Å². The summed E-state index contributed by atoms with van der Waals surface area (Å²) in [5, 5.41) is 12.6. The molecule has 2 aromatic carbocycles. The lowest BCUT2D eigenvalue weighted by atomic mass is 9.92. The third kappa shape index (κ3) is 8.26. The van der Waals surface area contributed by atoms with E-state index in [0.29, 0.717) is 77.9 Å². The highest BCUT2D eigenvalue weighted by Crippen LogP contribution is 2.41. The Morgan fingerprint density at radius 1 is 0.939 bits per heavy atom. The number of ether oxygens (including phenoxy) is 1. The molecule has 3 saturated heterocycles. The van der Waals surface area contributed by atoms with Crippen LogP contribution in [0, 0.1) is 5.92 Å². The van der Waals surface area contributed by atoms with Gasteiger partial charge in [0.05, 0.1) is 16.5 Å². The van der Waals surface area contributed by atoms with Gasteiger partial charge in [0.1, 0.15) is 5.75 Å². The number of nitrogens with one attached hydrogen (secondary N) is 1. The zero-order valence-corrected chi connectivity index (χ0v) is 28.1. The van der Waals surface area contributed by atoms with Gasteiger partial charge in [-0.25, -0.2) is 4.79 Å². The van der Waals surface area contributed by atoms with Gasteiger partial charge in [0, 0.05) is 83.2 Å². The lowest BCUT2D eigenvalue weighted by Crippen LogP contribution is -2.54. The number of halogens is 4. The van der Waals surface area contributed by atoms with Crippen molar-refractivity contribution in [1.82, 2.24) is 19.6 Å². The van der Waals surface area contributed by atoms with Crippen molar-refractivity contribution >= 4 is 35.1 Å². The molecule has 1 atom stereocenters. The van der Waals surface area contributed by atoms with E-state index in [4.69, 9.17) is 16.3 Å². The summed E-state index contributed by atoms with van der Waals surface area (Å²) in [6, 6.07) is 9.93. The van der Waals surface area contributed by atoms with E-state index < -0.39 is 28.4 Å². The van der Waals surface area contributed by atoms with Gasteiger partial charge in [-0.05, 0) is 67.9 Å². The molecular weight excluding hydrogens is 663 g/mol. The van der Waals surface area contributed by atoms with E-state index in [1.165, 1.54) is 6.07 Å². The molecule has 2 N–H and O–H groups in total. The SMILES string of the molecule is O=C(CC(Cc1cc(Cl)c(O)c(C(F)(F)F)c1)C(=O)N1CCN(C2CCOCC2)CC1)N1CCC(N2CCc3ccccc3NC2=O)CC1. The molecule has 4 heterocycles. The molecular formula is C35H43ClF3N5O5. The summed E-state index contributed by atoms with van der Waals surface area (Å²) in [6.07, 6.45) is -1.44. The summed E-state index contributed by atoms with van der Waals surface area (Å²) in [6.45, 7) is 5.03. The first-order valence-corrected chi connectivity index (χ1v) is 17.5. The van der Waals surface area contributed by atoms with E-state index in [2.05, 4.69) is 10.2 Å². The van der Waals surface area contributed by atoms with E-state index >= 15 is 0 Å². The van der Waals surface area contributed by atoms with Crippen molar-refractivity contribution in [3.8, 4) is 5.75 Å². The van der Waals surface area contributed by atoms with Crippen molar-refractivity contribution in [3.05, 3.63) is 58.1 Å². The second-order valence-electron chi connectivity index (χ2n) is 13.4. The first-order valence-electron chi connectivity index (χ1n) is 17.1. The number of phenols is 1. The summed E-state index contributed by atoms with van der Waals surface area (Å²) in [5.74, 6) is -2.53. The number of hydrogen-bond acceptors (Lipinski definition) is 6. The number of carbonyl (C=O) groups excluding carboxylic acids is 3. The lowest BCUT2D eigenvalue weighted by molar-refractivity contribution is -0.143. The van der Waals surface area contributed by atoms with E-state index in [9.17, 15) is 32.7 Å². The van der Waals surface area contributed by atoms with Crippen LogP contribution in [0.25, 0.3) is 0 Å². The summed E-state index contributed by atoms with van der Waals surface area (Å²) < 4.78 is 46.7. The van der Waals surface area contributed by atoms with Crippen LogP contribution < -0.4 is 5.32 Å². The highest BCUT2D eigenvalue weighted by molar-refractivity contribution is 6.32. The van der Waals surface area contributed by atoms with Crippen molar-refractivity contribution in [3.63, 3.8) is 0 Å². The summed E-state index contributed by atoms with van der Waals surface area (Å²) in [5.41, 5.74) is 0.721. The van der Waals surface area contributed by atoms with Crippen LogP contribution in [0.2, 0.25) is 5.02 Å². The van der Waals surface area contributed by atoms with Crippen LogP contribution in [0.1, 0.15) is 48.8 Å². The number of anilines is 1. The third-order valence-electron chi connectivity index (χ3n) is 10.4. The quantitative estimate of drug-likeness (QED) is 0.420. The van der Waals surface area contributed by atoms with E-state index in [0.717, 1.165) is 36.6 Å². The van der Waals surface area contributed by atoms with Crippen molar-refractivity contribution in [1.29, 1.82) is 0 Å². The molecule has 14 heteroatoms. The average molecular weight is 706 g/mol. The van der Waals surface area contributed by atoms with Crippen molar-refractivity contribution in [2.24, 2.45) is 5.92 Å². The maximum Gasteiger partial charge on any atom is 0.420 e. The predicted octanol–water partition coefficient (Wildman–Crippen LogP) is 5.02. The summed E-state index contributed by atoms with van der Waals surface area (Å²) >= 11 is 6.01. The van der Waals surface area contributed by atoms with Crippen molar-refractivity contribution in [2.75, 3.05) is 64.3 Å². The van der Waals surface area contributed by atoms with Gasteiger partial charge < -0.3 is 29.9 Å². The molecule has 0 aromatic heterocycles. The maximum absolute atomic E-state index is 14.0. The molecule has 6 rings (SSSR count). The number of alkyl halides is 3. The number of aromatic hydroxyl groups is 1. The monoisotopic (exact) mass is 705 g/mol. The molecule has 0 aliphatic carbocycles. The Bertz CT molecular complexity index is 1520. The minimum atomic E-state index is -4.85. The molecule has 266 valence electrons. The molecule has 0 bridgehead atoms. The van der Waals surface area contributed by atoms with Gasteiger partial charge in [-0.15, -0.1) is 0 Å². The van der Waals surface area contributed by atoms with E-state index in [-0.39, 0.29) is 42.3 Å². The molecule has 0 spiro atoms. The van der Waals surface area contributed by atoms with Gasteiger partial charge in [-0.2, -0.15) is 13.2 Å². The number of amides is 4. The van der Waals surface area contributed by atoms with Crippen LogP contribution >= 0.6 is 11.6 Å². The molecule has 3 fully saturated rings. The van der Waals surface area contributed by atoms with Crippen LogP contribution in [0.3, 0.4) is 0 Å². The number of hydrogen-bond donors (Lipinski definition) is 2. The zero-order valence-electron chi connectivity index (χ0n) is 27.4. The number of benzene rings is 2. The second kappa shape index (κ2) is 15.1. The first kappa shape index (κ1) is 35.3. The highest BCUT2D eigenvalue weighted by atomic mass is 35.5. The van der Waals surface area contributed by atoms with Crippen molar-refractivity contribution in [2.45, 2.75) is 63.2 Å². The molecule has 1 unspecified atom stereocenters. The third-order valence-corrected chi connectivity index (χ3v) is 10.7. The Kier molecular flexibility index (Phi) is 10.9. The van der Waals surface area contributed by atoms with Crippen LogP contribution in [0.4, 0.5) is 23.7 Å². The van der Waals surface area contributed by atoms with Crippen LogP contribution in [-0.2, 0) is 33.3 Å². The van der Waals surface area contributed by atoms with Crippen molar-refractivity contribution < 1.29 is 37.4 Å². The highest BCUT2D eigenvalue weighted by Gasteiger charge is 2.38. The standard InChI is InChI=1S/C35H43ClF3N5O5/c36-29-21-23(20-28(32(29)46)35(37,38)39)19-25(33(47)43-15-13-41(14-16-43)26-8-17-49-18-9-26)22-31(45)42-10-6-27(7-11-42)44-12-5-24-3-1-2-4-30(24)40-34(44)48/h1-4,20-21,25-27,46H,5-19,22H2,(H,40,48). The number of fused-ring (bicyclic) bond motifs is 1. The van der Waals surface area contributed by atoms with Crippen LogP contribution in [0.5, 0.6) is 5.75 Å². The smallest absolute Gasteiger partial charge is 0.420 e. The number of nitrogens with zero attached hydrogens (tertiary/aromatic N) is 4. The minimum absolute atomic E-state index is 0.0530. The Hall–Kier alpha value is -3.55. The van der Waals surface area contributed by atoms with Gasteiger partial charge >= 0.3 is 12.2 Å². The number of likely N-dealkylation sites (tertiary alicyclic amines) is 1. The molecule has 0 saturated carbocycles. The average Bonchev–Trinajstić information content (AvgIpc) is 3.27. The summed E-state index contributed by atoms with van der Waals surface area (Å²) in [7, 11) is 0. The number of para-hydroxylation sites is 1. The number of piperazine rings is 1. The Labute approximate surface area is 289 Å². The largest absolute Gasteiger partial charge is 0.506 e. The van der Waals surface area contributed by atoms with Crippen LogP contribution in [-0.4, -0.2) is 114 Å². The van der Waals surface area contributed by atoms with E-state index in [1.807, 2.05) is 29.2 Å². The number of urea groups is 1. The molecule has 4 aliphatic heterocycles. The molecule has 2 aromatic rings. The fourth-order valence-electron chi connectivity index (χ4n) is 7.64. The maximum atomic E-state index is 14.0. The summed E-state index contributed by atoms with van der Waals surface area (Å²) in [4.78, 5) is 48.4. The first-order chi connectivity index (χ1) is 23.5. The Morgan fingerprint density at radius 3 is 2.33 bits per heavy atom. The van der Waals surface area contributed by atoms with Gasteiger partial charge in [0.2, 0.25) is 11.8 Å². The van der Waals surface area contributed by atoms with Gasteiger partial charge in [0.15, 0.2) is 0 Å². The molecule has 4 amide bonds. The minimum Gasteiger partial charge on any atom is -0.506 e. The van der Waals surface area contributed by atoms with Gasteiger partial charge in [-0.1, -0.05) is 29.8 Å². The fraction of sp³-hybridized carbons (Fsp3) is 0.571. The number of piperidine rings is 1.